The van der Waals surface area contributed by atoms with E-state index in [0.717, 1.165) is 0 Å². The standard InChI is InChI=1S/C10H15N7O2S/c1-3-11-10-12-4-8(5-13-10)20(18,19)17-7(2)9-14-6-15-16-9/h4-7,17H,3H2,1-2H3,(H,11,12,13)(H,14,15,16). The first-order valence-electron chi connectivity index (χ1n) is 5.96. The Morgan fingerprint density at radius 2 is 2.00 bits per heavy atom. The van der Waals surface area contributed by atoms with Crippen LogP contribution in [-0.2, 0) is 10.0 Å². The average molecular weight is 297 g/mol. The van der Waals surface area contributed by atoms with Gasteiger partial charge in [0.1, 0.15) is 17.0 Å². The quantitative estimate of drug-likeness (QED) is 0.688. The highest BCUT2D eigenvalue weighted by Crippen LogP contribution is 2.12. The number of nitrogens with one attached hydrogen (secondary N) is 3. The van der Waals surface area contributed by atoms with Gasteiger partial charge >= 0.3 is 0 Å². The highest BCUT2D eigenvalue weighted by atomic mass is 32.2. The molecule has 0 spiro atoms. The molecule has 0 fully saturated rings. The second-order valence-electron chi connectivity index (χ2n) is 3.99. The third-order valence-corrected chi connectivity index (χ3v) is 3.94. The van der Waals surface area contributed by atoms with Crippen LogP contribution in [0.2, 0.25) is 0 Å². The maximum atomic E-state index is 12.1. The lowest BCUT2D eigenvalue weighted by Gasteiger charge is -2.11. The first kappa shape index (κ1) is 14.3. The van der Waals surface area contributed by atoms with E-state index in [4.69, 9.17) is 0 Å². The van der Waals surface area contributed by atoms with E-state index < -0.39 is 16.1 Å². The molecule has 0 aliphatic rings. The third kappa shape index (κ3) is 3.27. The van der Waals surface area contributed by atoms with Crippen molar-refractivity contribution in [2.24, 2.45) is 0 Å². The molecule has 2 rings (SSSR count). The molecule has 2 heterocycles. The Bertz CT molecular complexity index is 639. The second kappa shape index (κ2) is 5.92. The molecule has 0 aliphatic heterocycles. The van der Waals surface area contributed by atoms with Crippen molar-refractivity contribution in [1.29, 1.82) is 0 Å². The maximum Gasteiger partial charge on any atom is 0.244 e. The zero-order valence-corrected chi connectivity index (χ0v) is 11.8. The average Bonchev–Trinajstić information content (AvgIpc) is 2.93. The van der Waals surface area contributed by atoms with Gasteiger partial charge in [0, 0.05) is 6.54 Å². The highest BCUT2D eigenvalue weighted by molar-refractivity contribution is 7.89. The van der Waals surface area contributed by atoms with Crippen LogP contribution < -0.4 is 10.0 Å². The van der Waals surface area contributed by atoms with Crippen LogP contribution in [0.4, 0.5) is 5.95 Å². The van der Waals surface area contributed by atoms with E-state index in [2.05, 4.69) is 35.2 Å². The molecule has 1 atom stereocenters. The number of sulfonamides is 1. The normalized spacial score (nSPS) is 13.1. The summed E-state index contributed by atoms with van der Waals surface area (Å²) in [5.74, 6) is 0.813. The van der Waals surface area contributed by atoms with Gasteiger partial charge in [-0.05, 0) is 13.8 Å². The first-order valence-corrected chi connectivity index (χ1v) is 7.44. The molecule has 0 amide bonds. The van der Waals surface area contributed by atoms with Crippen molar-refractivity contribution in [2.45, 2.75) is 24.8 Å². The van der Waals surface area contributed by atoms with Crippen molar-refractivity contribution in [3.8, 4) is 0 Å². The number of H-pyrrole nitrogens is 1. The molecule has 0 aromatic carbocycles. The van der Waals surface area contributed by atoms with Gasteiger partial charge in [-0.15, -0.1) is 0 Å². The number of hydrogen-bond donors (Lipinski definition) is 3. The summed E-state index contributed by atoms with van der Waals surface area (Å²) >= 11 is 0. The van der Waals surface area contributed by atoms with E-state index in [1.54, 1.807) is 6.92 Å². The van der Waals surface area contributed by atoms with Crippen LogP contribution in [0.5, 0.6) is 0 Å². The molecule has 2 aromatic rings. The predicted molar refractivity (Wildman–Crippen MR) is 71.3 cm³/mol. The number of aromatic nitrogens is 5. The lowest BCUT2D eigenvalue weighted by Crippen LogP contribution is -2.28. The molecule has 0 bridgehead atoms. The molecule has 1 unspecified atom stereocenters. The van der Waals surface area contributed by atoms with Crippen LogP contribution in [0.25, 0.3) is 0 Å². The molecular weight excluding hydrogens is 282 g/mol. The number of anilines is 1. The van der Waals surface area contributed by atoms with E-state index in [9.17, 15) is 8.42 Å². The summed E-state index contributed by atoms with van der Waals surface area (Å²) in [4.78, 5) is 11.7. The zero-order chi connectivity index (χ0) is 14.6. The molecule has 108 valence electrons. The number of rotatable bonds is 6. The monoisotopic (exact) mass is 297 g/mol. The summed E-state index contributed by atoms with van der Waals surface area (Å²) in [5, 5.41) is 9.17. The molecule has 0 aliphatic carbocycles. The fraction of sp³-hybridized carbons (Fsp3) is 0.400. The Balaban J connectivity index is 2.13. The Morgan fingerprint density at radius 1 is 1.30 bits per heavy atom. The summed E-state index contributed by atoms with van der Waals surface area (Å²) in [7, 11) is -3.71. The van der Waals surface area contributed by atoms with Gasteiger partial charge in [-0.2, -0.15) is 5.10 Å². The molecule has 0 saturated heterocycles. The predicted octanol–water partition coefficient (Wildman–Crippen LogP) is 0.0660. The Labute approximate surface area is 116 Å². The maximum absolute atomic E-state index is 12.1. The second-order valence-corrected chi connectivity index (χ2v) is 5.70. The molecule has 2 aromatic heterocycles. The third-order valence-electron chi connectivity index (χ3n) is 2.45. The first-order chi connectivity index (χ1) is 9.53. The summed E-state index contributed by atoms with van der Waals surface area (Å²) < 4.78 is 26.7. The SMILES string of the molecule is CCNc1ncc(S(=O)(=O)NC(C)c2ncn[nH]2)cn1. The largest absolute Gasteiger partial charge is 0.355 e. The molecule has 20 heavy (non-hydrogen) atoms. The van der Waals surface area contributed by atoms with Crippen molar-refractivity contribution in [3.05, 3.63) is 24.5 Å². The van der Waals surface area contributed by atoms with Crippen LogP contribution in [0.1, 0.15) is 25.7 Å². The fourth-order valence-corrected chi connectivity index (χ4v) is 2.58. The van der Waals surface area contributed by atoms with Crippen molar-refractivity contribution >= 4 is 16.0 Å². The lowest BCUT2D eigenvalue weighted by atomic mass is 10.3. The van der Waals surface area contributed by atoms with Crippen LogP contribution in [0.3, 0.4) is 0 Å². The number of nitrogens with zero attached hydrogens (tertiary/aromatic N) is 4. The van der Waals surface area contributed by atoms with E-state index in [0.29, 0.717) is 18.3 Å². The fourth-order valence-electron chi connectivity index (χ4n) is 1.48. The van der Waals surface area contributed by atoms with Gasteiger partial charge in [0.2, 0.25) is 16.0 Å². The number of aromatic amines is 1. The lowest BCUT2D eigenvalue weighted by molar-refractivity contribution is 0.559. The van der Waals surface area contributed by atoms with Gasteiger partial charge < -0.3 is 5.32 Å². The van der Waals surface area contributed by atoms with Crippen LogP contribution >= 0.6 is 0 Å². The Kier molecular flexibility index (Phi) is 4.25. The Hall–Kier alpha value is -2.07. The van der Waals surface area contributed by atoms with E-state index in [1.165, 1.54) is 18.7 Å². The van der Waals surface area contributed by atoms with Gasteiger partial charge in [0.05, 0.1) is 18.4 Å². The van der Waals surface area contributed by atoms with Gasteiger partial charge in [-0.1, -0.05) is 0 Å². The molecular formula is C10H15N7O2S. The van der Waals surface area contributed by atoms with Crippen molar-refractivity contribution in [1.82, 2.24) is 29.9 Å². The minimum absolute atomic E-state index is 0.00878. The summed E-state index contributed by atoms with van der Waals surface area (Å²) in [6.07, 6.45) is 3.81. The number of hydrogen-bond acceptors (Lipinski definition) is 7. The molecule has 3 N–H and O–H groups in total. The molecule has 0 saturated carbocycles. The van der Waals surface area contributed by atoms with E-state index >= 15 is 0 Å². The zero-order valence-electron chi connectivity index (χ0n) is 11.0. The van der Waals surface area contributed by atoms with Gasteiger partial charge in [-0.3, -0.25) is 5.10 Å². The minimum atomic E-state index is -3.71. The smallest absolute Gasteiger partial charge is 0.244 e. The summed E-state index contributed by atoms with van der Waals surface area (Å²) in [6, 6.07) is -0.532. The topological polar surface area (TPSA) is 126 Å². The van der Waals surface area contributed by atoms with Crippen molar-refractivity contribution < 1.29 is 8.42 Å². The van der Waals surface area contributed by atoms with Crippen molar-refractivity contribution in [2.75, 3.05) is 11.9 Å². The molecule has 9 nitrogen and oxygen atoms in total. The summed E-state index contributed by atoms with van der Waals surface area (Å²) in [6.45, 7) is 4.22. The van der Waals surface area contributed by atoms with Crippen LogP contribution in [-0.4, -0.2) is 40.1 Å². The van der Waals surface area contributed by atoms with Crippen LogP contribution in [0.15, 0.2) is 23.6 Å². The highest BCUT2D eigenvalue weighted by Gasteiger charge is 2.20. The van der Waals surface area contributed by atoms with E-state index in [-0.39, 0.29) is 4.90 Å². The molecule has 0 radical (unpaired) electrons. The summed E-state index contributed by atoms with van der Waals surface area (Å²) in [5.41, 5.74) is 0. The van der Waals surface area contributed by atoms with Gasteiger partial charge in [0.25, 0.3) is 0 Å². The van der Waals surface area contributed by atoms with Crippen LogP contribution in [0, 0.1) is 0 Å². The van der Waals surface area contributed by atoms with Gasteiger partial charge in [0.15, 0.2) is 0 Å². The molecule has 10 heteroatoms. The van der Waals surface area contributed by atoms with Gasteiger partial charge in [-0.25, -0.2) is 28.1 Å². The minimum Gasteiger partial charge on any atom is -0.355 e. The van der Waals surface area contributed by atoms with Crippen molar-refractivity contribution in [3.63, 3.8) is 0 Å². The van der Waals surface area contributed by atoms with E-state index in [1.807, 2.05) is 6.92 Å². The Morgan fingerprint density at radius 3 is 2.55 bits per heavy atom.